The summed E-state index contributed by atoms with van der Waals surface area (Å²) in [6, 6.07) is 0. The maximum atomic E-state index is 12.5. The third-order valence-electron chi connectivity index (χ3n) is 7.42. The third kappa shape index (κ3) is 35.3. The maximum Gasteiger partial charge on any atom is 0.472 e. The zero-order valence-electron chi connectivity index (χ0n) is 30.7. The molecule has 0 aromatic carbocycles. The fraction of sp³-hybridized carbons (Fsp3) is 0.692. The van der Waals surface area contributed by atoms with Crippen molar-refractivity contribution in [1.29, 1.82) is 0 Å². The Bertz CT molecular complexity index is 992. The van der Waals surface area contributed by atoms with Gasteiger partial charge in [-0.15, -0.1) is 0 Å². The number of rotatable bonds is 34. The van der Waals surface area contributed by atoms with Crippen molar-refractivity contribution in [2.45, 2.75) is 148 Å². The van der Waals surface area contributed by atoms with E-state index in [9.17, 15) is 19.0 Å². The van der Waals surface area contributed by atoms with Crippen LogP contribution in [0, 0.1) is 0 Å². The van der Waals surface area contributed by atoms with Crippen molar-refractivity contribution in [2.24, 2.45) is 5.73 Å². The minimum atomic E-state index is -4.39. The van der Waals surface area contributed by atoms with Crippen LogP contribution in [0.15, 0.2) is 60.8 Å². The fourth-order valence-electron chi connectivity index (χ4n) is 4.67. The largest absolute Gasteiger partial charge is 0.472 e. The van der Waals surface area contributed by atoms with Crippen molar-refractivity contribution in [1.82, 2.24) is 0 Å². The molecule has 0 aliphatic carbocycles. The molecule has 0 aliphatic heterocycles. The van der Waals surface area contributed by atoms with Crippen LogP contribution in [-0.4, -0.2) is 49.3 Å². The highest BCUT2D eigenvalue weighted by atomic mass is 31.2. The van der Waals surface area contributed by atoms with Gasteiger partial charge in [0.15, 0.2) is 6.10 Å². The molecule has 0 spiro atoms. The molecule has 0 bridgehead atoms. The lowest BCUT2D eigenvalue weighted by atomic mass is 10.1. The summed E-state index contributed by atoms with van der Waals surface area (Å²) in [6.45, 7) is 3.52. The van der Waals surface area contributed by atoms with Gasteiger partial charge >= 0.3 is 19.8 Å². The van der Waals surface area contributed by atoms with E-state index in [1.807, 2.05) is 6.08 Å². The van der Waals surface area contributed by atoms with Crippen LogP contribution in [0.4, 0.5) is 0 Å². The summed E-state index contributed by atoms with van der Waals surface area (Å²) in [5.74, 6) is -0.903. The first-order chi connectivity index (χ1) is 23.8. The Morgan fingerprint density at radius 1 is 0.633 bits per heavy atom. The van der Waals surface area contributed by atoms with E-state index in [0.29, 0.717) is 12.8 Å². The lowest BCUT2D eigenvalue weighted by Crippen LogP contribution is -2.29. The second kappa shape index (κ2) is 35.5. The molecule has 9 nitrogen and oxygen atoms in total. The number of hydrogen-bond donors (Lipinski definition) is 2. The second-order valence-corrected chi connectivity index (χ2v) is 13.5. The van der Waals surface area contributed by atoms with Gasteiger partial charge in [-0.3, -0.25) is 18.6 Å². The first kappa shape index (κ1) is 46.7. The molecule has 0 amide bonds. The summed E-state index contributed by atoms with van der Waals surface area (Å²) in [5, 5.41) is 0. The summed E-state index contributed by atoms with van der Waals surface area (Å²) >= 11 is 0. The van der Waals surface area contributed by atoms with Crippen LogP contribution < -0.4 is 5.73 Å². The van der Waals surface area contributed by atoms with Crippen molar-refractivity contribution in [3.05, 3.63) is 60.8 Å². The Morgan fingerprint density at radius 2 is 1.12 bits per heavy atom. The zero-order chi connectivity index (χ0) is 36.1. The number of unbranched alkanes of at least 4 members (excludes halogenated alkanes) is 11. The SMILES string of the molecule is CC/C=C\C/C=C\C/C=C\C/C=C\C/C=C\CCCC(=O)O[C@H](COC(=O)CCCCCCCCCCCCC)COP(=O)(O)OCCN. The van der Waals surface area contributed by atoms with Crippen molar-refractivity contribution in [2.75, 3.05) is 26.4 Å². The van der Waals surface area contributed by atoms with Crippen molar-refractivity contribution >= 4 is 19.8 Å². The molecule has 282 valence electrons. The van der Waals surface area contributed by atoms with Crippen LogP contribution in [-0.2, 0) is 32.7 Å². The fourth-order valence-corrected chi connectivity index (χ4v) is 5.43. The third-order valence-corrected chi connectivity index (χ3v) is 8.40. The molecule has 0 saturated carbocycles. The minimum Gasteiger partial charge on any atom is -0.462 e. The zero-order valence-corrected chi connectivity index (χ0v) is 31.5. The van der Waals surface area contributed by atoms with Crippen molar-refractivity contribution in [3.63, 3.8) is 0 Å². The number of phosphoric acid groups is 1. The van der Waals surface area contributed by atoms with Gasteiger partial charge in [-0.2, -0.15) is 0 Å². The number of nitrogens with two attached hydrogens (primary N) is 1. The first-order valence-electron chi connectivity index (χ1n) is 18.8. The summed E-state index contributed by atoms with van der Waals surface area (Å²) in [5.41, 5.74) is 5.32. The van der Waals surface area contributed by atoms with Gasteiger partial charge in [0.1, 0.15) is 6.61 Å². The Kier molecular flexibility index (Phi) is 33.9. The van der Waals surface area contributed by atoms with Crippen LogP contribution in [0.1, 0.15) is 142 Å². The second-order valence-electron chi connectivity index (χ2n) is 12.1. The van der Waals surface area contributed by atoms with E-state index in [1.165, 1.54) is 51.4 Å². The van der Waals surface area contributed by atoms with E-state index in [1.54, 1.807) is 0 Å². The van der Waals surface area contributed by atoms with Gasteiger partial charge in [0, 0.05) is 19.4 Å². The summed E-state index contributed by atoms with van der Waals surface area (Å²) in [4.78, 5) is 34.6. The molecule has 0 aromatic heterocycles. The minimum absolute atomic E-state index is 0.0425. The number of hydrogen-bond acceptors (Lipinski definition) is 8. The van der Waals surface area contributed by atoms with Crippen LogP contribution in [0.5, 0.6) is 0 Å². The molecule has 2 atom stereocenters. The average molecular weight is 710 g/mol. The number of carbonyl (C=O) groups excluding carboxylic acids is 2. The molecule has 3 N–H and O–H groups in total. The van der Waals surface area contributed by atoms with E-state index in [2.05, 4.69) is 68.5 Å². The molecular weight excluding hydrogens is 641 g/mol. The Hall–Kier alpha value is -2.29. The standard InChI is InChI=1S/C39H68NO8P/c1-3-5-7-9-11-13-15-16-17-18-19-20-22-24-26-28-30-32-39(42)48-37(36-47-49(43,44)46-34-33-40)35-45-38(41)31-29-27-25-23-21-14-12-10-8-6-4-2/h5,7,11,13,16-17,19-20,24,26,37H,3-4,6,8-10,12,14-15,18,21-23,25,27-36,40H2,1-2H3,(H,43,44)/b7-5-,13-11-,17-16-,20-19-,26-24-/t37-/m1/s1. The maximum absolute atomic E-state index is 12.5. The number of esters is 2. The molecule has 0 saturated heterocycles. The van der Waals surface area contributed by atoms with Gasteiger partial charge in [-0.25, -0.2) is 4.57 Å². The highest BCUT2D eigenvalue weighted by Gasteiger charge is 2.25. The number of ether oxygens (including phenoxy) is 2. The molecule has 0 radical (unpaired) electrons. The molecule has 10 heteroatoms. The van der Waals surface area contributed by atoms with Gasteiger partial charge in [0.2, 0.25) is 0 Å². The number of carbonyl (C=O) groups is 2. The number of allylic oxidation sites excluding steroid dienone is 10. The van der Waals surface area contributed by atoms with Gasteiger partial charge < -0.3 is 20.1 Å². The molecule has 49 heavy (non-hydrogen) atoms. The van der Waals surface area contributed by atoms with Crippen LogP contribution in [0.25, 0.3) is 0 Å². The topological polar surface area (TPSA) is 134 Å². The quantitative estimate of drug-likeness (QED) is 0.0290. The van der Waals surface area contributed by atoms with E-state index in [4.69, 9.17) is 24.3 Å². The Labute approximate surface area is 298 Å². The van der Waals surface area contributed by atoms with Gasteiger partial charge in [-0.05, 0) is 51.4 Å². The van der Waals surface area contributed by atoms with Gasteiger partial charge in [0.05, 0.1) is 13.2 Å². The molecular formula is C39H68NO8P. The molecule has 0 heterocycles. The van der Waals surface area contributed by atoms with E-state index >= 15 is 0 Å². The van der Waals surface area contributed by atoms with E-state index < -0.39 is 32.5 Å². The lowest BCUT2D eigenvalue weighted by Gasteiger charge is -2.19. The summed E-state index contributed by atoms with van der Waals surface area (Å²) in [7, 11) is -4.39. The molecule has 0 aromatic rings. The normalized spacial score (nSPS) is 14.1. The van der Waals surface area contributed by atoms with E-state index in [-0.39, 0.29) is 32.6 Å². The predicted molar refractivity (Wildman–Crippen MR) is 201 cm³/mol. The van der Waals surface area contributed by atoms with Crippen LogP contribution in [0.3, 0.4) is 0 Å². The Morgan fingerprint density at radius 3 is 1.65 bits per heavy atom. The highest BCUT2D eigenvalue weighted by molar-refractivity contribution is 7.47. The molecule has 0 aliphatic rings. The highest BCUT2D eigenvalue weighted by Crippen LogP contribution is 2.43. The van der Waals surface area contributed by atoms with Crippen LogP contribution >= 0.6 is 7.82 Å². The van der Waals surface area contributed by atoms with Crippen LogP contribution in [0.2, 0.25) is 0 Å². The molecule has 1 unspecified atom stereocenters. The molecule has 0 fully saturated rings. The first-order valence-corrected chi connectivity index (χ1v) is 20.3. The molecule has 0 rings (SSSR count). The summed E-state index contributed by atoms with van der Waals surface area (Å²) in [6.07, 6.45) is 39.7. The van der Waals surface area contributed by atoms with Crippen molar-refractivity contribution in [3.8, 4) is 0 Å². The summed E-state index contributed by atoms with van der Waals surface area (Å²) < 4.78 is 32.5. The smallest absolute Gasteiger partial charge is 0.462 e. The predicted octanol–water partition coefficient (Wildman–Crippen LogP) is 10.2. The number of phosphoric ester groups is 1. The average Bonchev–Trinajstić information content (AvgIpc) is 3.08. The van der Waals surface area contributed by atoms with Crippen molar-refractivity contribution < 1.29 is 37.6 Å². The lowest BCUT2D eigenvalue weighted by molar-refractivity contribution is -0.161. The van der Waals surface area contributed by atoms with Gasteiger partial charge in [0.25, 0.3) is 0 Å². The van der Waals surface area contributed by atoms with E-state index in [0.717, 1.165) is 51.4 Å². The van der Waals surface area contributed by atoms with Gasteiger partial charge in [-0.1, -0.05) is 139 Å². The monoisotopic (exact) mass is 709 g/mol. The Balaban J connectivity index is 4.35.